The Morgan fingerprint density at radius 1 is 1.08 bits per heavy atom. The number of nitrogens with zero attached hydrogens (tertiary/aromatic N) is 3. The molecule has 2 fully saturated rings. The maximum Gasteiger partial charge on any atom is 0.429 e. The minimum Gasteiger partial charge on any atom is -0.508 e. The Kier molecular flexibility index (Phi) is 6.98. The van der Waals surface area contributed by atoms with E-state index in [0.717, 1.165) is 5.56 Å². The van der Waals surface area contributed by atoms with E-state index in [1.54, 1.807) is 24.3 Å². The highest BCUT2D eigenvalue weighted by molar-refractivity contribution is 5.74. The number of nitrogen functional groups attached to an aromatic ring is 1. The number of halogens is 3. The third-order valence-electron chi connectivity index (χ3n) is 7.46. The number of aromatic hydroxyl groups is 1. The van der Waals surface area contributed by atoms with Crippen LogP contribution >= 0.6 is 0 Å². The van der Waals surface area contributed by atoms with Crippen molar-refractivity contribution in [1.29, 1.82) is 0 Å². The van der Waals surface area contributed by atoms with Crippen LogP contribution in [0, 0.1) is 5.41 Å². The number of ether oxygens (including phenoxy) is 1. The molecule has 5 N–H and O–H groups in total. The molecule has 3 heterocycles. The Labute approximate surface area is 222 Å². The molecule has 9 nitrogen and oxygen atoms in total. The summed E-state index contributed by atoms with van der Waals surface area (Å²) in [6.07, 6.45) is -5.05. The molecule has 0 amide bonds. The van der Waals surface area contributed by atoms with Crippen molar-refractivity contribution in [3.8, 4) is 22.8 Å². The number of phenolic OH excluding ortho intramolecular Hbond substituents is 1. The standard InChI is InChI=1S/C27H28F3N5O4/c28-27(29,30)23(18-3-1-16(2-4-18)17-5-7-19(36)8-6-17)39-22-13-21(33-25(31)34-22)35-11-9-26(10-12-35)14-20(24(37)38)32-15-26/h1-8,13,20,23,32,36H,9-12,14-15H2,(H,37,38)(H2,31,33,34)/t20-,23+/m0/s1. The number of hydrogen-bond donors (Lipinski definition) is 4. The topological polar surface area (TPSA) is 134 Å². The molecule has 1 aromatic heterocycles. The van der Waals surface area contributed by atoms with Gasteiger partial charge in [-0.05, 0) is 47.9 Å². The number of carboxylic acids is 1. The zero-order chi connectivity index (χ0) is 27.8. The number of rotatable bonds is 6. The van der Waals surface area contributed by atoms with Crippen LogP contribution in [0.5, 0.6) is 11.6 Å². The second-order valence-electron chi connectivity index (χ2n) is 10.1. The largest absolute Gasteiger partial charge is 0.508 e. The van der Waals surface area contributed by atoms with E-state index in [0.29, 0.717) is 50.3 Å². The minimum atomic E-state index is -4.73. The van der Waals surface area contributed by atoms with Crippen LogP contribution in [0.1, 0.15) is 30.9 Å². The summed E-state index contributed by atoms with van der Waals surface area (Å²) in [5.74, 6) is -0.919. The molecule has 0 saturated carbocycles. The zero-order valence-electron chi connectivity index (χ0n) is 20.9. The number of carbonyl (C=O) groups is 1. The number of phenols is 1. The van der Waals surface area contributed by atoms with Crippen LogP contribution in [0.4, 0.5) is 24.9 Å². The molecule has 0 aliphatic carbocycles. The molecule has 0 unspecified atom stereocenters. The first-order chi connectivity index (χ1) is 18.5. The summed E-state index contributed by atoms with van der Waals surface area (Å²) >= 11 is 0. The van der Waals surface area contributed by atoms with E-state index < -0.39 is 24.3 Å². The number of anilines is 2. The van der Waals surface area contributed by atoms with Crippen molar-refractivity contribution in [2.75, 3.05) is 30.3 Å². The van der Waals surface area contributed by atoms with Gasteiger partial charge in [0.1, 0.15) is 17.6 Å². The fourth-order valence-corrected chi connectivity index (χ4v) is 5.28. The van der Waals surface area contributed by atoms with E-state index in [1.807, 2.05) is 4.90 Å². The summed E-state index contributed by atoms with van der Waals surface area (Å²) in [5, 5.41) is 21.8. The fourth-order valence-electron chi connectivity index (χ4n) is 5.28. The second kappa shape index (κ2) is 10.3. The van der Waals surface area contributed by atoms with Crippen LogP contribution in [-0.4, -0.2) is 58.0 Å². The Morgan fingerprint density at radius 3 is 2.26 bits per heavy atom. The predicted octanol–water partition coefficient (Wildman–Crippen LogP) is 4.15. The van der Waals surface area contributed by atoms with E-state index >= 15 is 0 Å². The van der Waals surface area contributed by atoms with Crippen LogP contribution in [-0.2, 0) is 4.79 Å². The number of carboxylic acid groups (broad SMARTS) is 1. The van der Waals surface area contributed by atoms with Gasteiger partial charge in [-0.3, -0.25) is 4.79 Å². The summed E-state index contributed by atoms with van der Waals surface area (Å²) in [7, 11) is 0. The van der Waals surface area contributed by atoms with Crippen LogP contribution in [0.15, 0.2) is 54.6 Å². The van der Waals surface area contributed by atoms with Crippen molar-refractivity contribution < 1.29 is 32.9 Å². The number of hydrogen-bond acceptors (Lipinski definition) is 8. The predicted molar refractivity (Wildman–Crippen MR) is 137 cm³/mol. The lowest BCUT2D eigenvalue weighted by Crippen LogP contribution is -2.41. The van der Waals surface area contributed by atoms with Gasteiger partial charge < -0.3 is 30.9 Å². The molecular formula is C27H28F3N5O4. The van der Waals surface area contributed by atoms with Crippen molar-refractivity contribution >= 4 is 17.7 Å². The van der Waals surface area contributed by atoms with Gasteiger partial charge in [0.25, 0.3) is 0 Å². The molecule has 206 valence electrons. The number of benzene rings is 2. The molecule has 2 aliphatic rings. The molecule has 2 atom stereocenters. The number of nitrogens with two attached hydrogens (primary N) is 1. The molecule has 12 heteroatoms. The number of piperidine rings is 1. The van der Waals surface area contributed by atoms with Gasteiger partial charge in [0.2, 0.25) is 17.9 Å². The summed E-state index contributed by atoms with van der Waals surface area (Å²) in [5.41, 5.74) is 7.03. The van der Waals surface area contributed by atoms with E-state index in [4.69, 9.17) is 10.5 Å². The van der Waals surface area contributed by atoms with Crippen molar-refractivity contribution in [3.63, 3.8) is 0 Å². The van der Waals surface area contributed by atoms with Gasteiger partial charge >= 0.3 is 12.1 Å². The summed E-state index contributed by atoms with van der Waals surface area (Å²) in [6, 6.07) is 12.9. The maximum atomic E-state index is 14.1. The SMILES string of the molecule is Nc1nc(O[C@H](c2ccc(-c3ccc(O)cc3)cc2)C(F)(F)F)cc(N2CCC3(CC2)CN[C@H](C(=O)O)C3)n1. The minimum absolute atomic E-state index is 0.0934. The van der Waals surface area contributed by atoms with Crippen molar-refractivity contribution in [2.24, 2.45) is 5.41 Å². The van der Waals surface area contributed by atoms with Gasteiger partial charge in [-0.15, -0.1) is 0 Å². The van der Waals surface area contributed by atoms with E-state index in [1.165, 1.54) is 30.3 Å². The Balaban J connectivity index is 1.32. The van der Waals surface area contributed by atoms with Crippen LogP contribution < -0.4 is 20.7 Å². The quantitative estimate of drug-likeness (QED) is 0.362. The van der Waals surface area contributed by atoms with E-state index in [9.17, 15) is 28.2 Å². The average Bonchev–Trinajstić information content (AvgIpc) is 3.31. The number of aliphatic carboxylic acids is 1. The van der Waals surface area contributed by atoms with Crippen LogP contribution in [0.2, 0.25) is 0 Å². The Hall–Kier alpha value is -4.06. The van der Waals surface area contributed by atoms with Crippen molar-refractivity contribution in [1.82, 2.24) is 15.3 Å². The third-order valence-corrected chi connectivity index (χ3v) is 7.46. The van der Waals surface area contributed by atoms with Gasteiger partial charge in [-0.25, -0.2) is 0 Å². The molecule has 5 rings (SSSR count). The first kappa shape index (κ1) is 26.5. The lowest BCUT2D eigenvalue weighted by molar-refractivity contribution is -0.198. The lowest BCUT2D eigenvalue weighted by Gasteiger charge is -2.39. The lowest BCUT2D eigenvalue weighted by atomic mass is 9.76. The van der Waals surface area contributed by atoms with E-state index in [-0.39, 0.29) is 28.6 Å². The number of alkyl halides is 3. The first-order valence-electron chi connectivity index (χ1n) is 12.5. The molecule has 2 saturated heterocycles. The highest BCUT2D eigenvalue weighted by atomic mass is 19.4. The monoisotopic (exact) mass is 543 g/mol. The second-order valence-corrected chi connectivity index (χ2v) is 10.1. The highest BCUT2D eigenvalue weighted by Crippen LogP contribution is 2.41. The van der Waals surface area contributed by atoms with Crippen LogP contribution in [0.25, 0.3) is 11.1 Å². The zero-order valence-corrected chi connectivity index (χ0v) is 20.9. The number of aromatic nitrogens is 2. The molecule has 0 radical (unpaired) electrons. The van der Waals surface area contributed by atoms with E-state index in [2.05, 4.69) is 15.3 Å². The van der Waals surface area contributed by atoms with Gasteiger partial charge in [0.05, 0.1) is 0 Å². The maximum absolute atomic E-state index is 14.1. The summed E-state index contributed by atoms with van der Waals surface area (Å²) in [6.45, 7) is 1.70. The van der Waals surface area contributed by atoms with Crippen molar-refractivity contribution in [2.45, 2.75) is 37.6 Å². The van der Waals surface area contributed by atoms with Crippen LogP contribution in [0.3, 0.4) is 0 Å². The van der Waals surface area contributed by atoms with Gasteiger partial charge in [-0.2, -0.15) is 23.1 Å². The molecule has 1 spiro atoms. The number of nitrogens with one attached hydrogen (secondary N) is 1. The third kappa shape index (κ3) is 5.85. The smallest absolute Gasteiger partial charge is 0.429 e. The van der Waals surface area contributed by atoms with Crippen molar-refractivity contribution in [3.05, 3.63) is 60.2 Å². The molecule has 0 bridgehead atoms. The Bertz CT molecular complexity index is 1330. The van der Waals surface area contributed by atoms with Gasteiger partial charge in [-0.1, -0.05) is 36.4 Å². The molecule has 2 aromatic carbocycles. The van der Waals surface area contributed by atoms with Gasteiger partial charge in [0, 0.05) is 31.3 Å². The first-order valence-corrected chi connectivity index (χ1v) is 12.5. The normalized spacial score (nSPS) is 19.7. The highest BCUT2D eigenvalue weighted by Gasteiger charge is 2.45. The molecular weight excluding hydrogens is 515 g/mol. The molecule has 39 heavy (non-hydrogen) atoms. The summed E-state index contributed by atoms with van der Waals surface area (Å²) < 4.78 is 47.6. The summed E-state index contributed by atoms with van der Waals surface area (Å²) in [4.78, 5) is 21.4. The Morgan fingerprint density at radius 2 is 1.69 bits per heavy atom. The average molecular weight is 544 g/mol. The van der Waals surface area contributed by atoms with Gasteiger partial charge in [0.15, 0.2) is 0 Å². The molecule has 3 aromatic rings. The fraction of sp³-hybridized carbons (Fsp3) is 0.370. The molecule has 2 aliphatic heterocycles.